The number of benzene rings is 2. The molecule has 0 heterocycles. The molecule has 5 nitrogen and oxygen atoms in total. The maximum absolute atomic E-state index is 12.4. The lowest BCUT2D eigenvalue weighted by Crippen LogP contribution is -2.42. The van der Waals surface area contributed by atoms with Crippen molar-refractivity contribution >= 4 is 39.5 Å². The van der Waals surface area contributed by atoms with E-state index in [0.717, 1.165) is 0 Å². The maximum atomic E-state index is 12.4. The second-order valence-electron chi connectivity index (χ2n) is 5.69. The van der Waals surface area contributed by atoms with Gasteiger partial charge in [0.25, 0.3) is 0 Å². The van der Waals surface area contributed by atoms with Gasteiger partial charge in [-0.1, -0.05) is 52.3 Å². The number of esters is 2. The zero-order chi connectivity index (χ0) is 19.6. The van der Waals surface area contributed by atoms with Gasteiger partial charge in [-0.3, -0.25) is 0 Å². The Balaban J connectivity index is 2.05. The molecular formula is C20H20BrClO5. The van der Waals surface area contributed by atoms with E-state index >= 15 is 0 Å². The first-order valence-corrected chi connectivity index (χ1v) is 9.88. The first kappa shape index (κ1) is 21.4. The molecule has 2 aromatic carbocycles. The Hall–Kier alpha value is -1.89. The minimum absolute atomic E-state index is 0.108. The summed E-state index contributed by atoms with van der Waals surface area (Å²) in [7, 11) is 0. The monoisotopic (exact) mass is 454 g/mol. The van der Waals surface area contributed by atoms with Crippen molar-refractivity contribution in [2.75, 3.05) is 12.1 Å². The average molecular weight is 456 g/mol. The molecule has 0 spiro atoms. The molecule has 0 aromatic heterocycles. The minimum Gasteiger partial charge on any atom is -0.459 e. The molecule has 2 aromatic rings. The zero-order valence-corrected chi connectivity index (χ0v) is 17.1. The van der Waals surface area contributed by atoms with Crippen LogP contribution in [-0.2, 0) is 14.2 Å². The van der Waals surface area contributed by atoms with Gasteiger partial charge in [0, 0.05) is 0 Å². The summed E-state index contributed by atoms with van der Waals surface area (Å²) >= 11 is 9.41. The summed E-state index contributed by atoms with van der Waals surface area (Å²) in [6, 6.07) is 17.2. The summed E-state index contributed by atoms with van der Waals surface area (Å²) in [5, 5.41) is -0.558. The van der Waals surface area contributed by atoms with Crippen molar-refractivity contribution in [2.24, 2.45) is 0 Å². The van der Waals surface area contributed by atoms with Crippen LogP contribution in [0.15, 0.2) is 60.7 Å². The highest BCUT2D eigenvalue weighted by Crippen LogP contribution is 2.18. The molecule has 144 valence electrons. The van der Waals surface area contributed by atoms with Gasteiger partial charge in [-0.2, -0.15) is 0 Å². The van der Waals surface area contributed by atoms with Crippen molar-refractivity contribution < 1.29 is 23.8 Å². The van der Waals surface area contributed by atoms with Gasteiger partial charge in [0.2, 0.25) is 0 Å². The highest BCUT2D eigenvalue weighted by Gasteiger charge is 2.32. The van der Waals surface area contributed by atoms with Gasteiger partial charge < -0.3 is 14.2 Å². The summed E-state index contributed by atoms with van der Waals surface area (Å²) in [4.78, 5) is 24.5. The molecule has 3 atom stereocenters. The second kappa shape index (κ2) is 11.1. The van der Waals surface area contributed by atoms with E-state index in [9.17, 15) is 9.59 Å². The van der Waals surface area contributed by atoms with Crippen molar-refractivity contribution in [1.82, 2.24) is 0 Å². The molecule has 3 unspecified atom stereocenters. The lowest BCUT2D eigenvalue weighted by Gasteiger charge is -2.28. The van der Waals surface area contributed by atoms with E-state index < -0.39 is 29.5 Å². The predicted molar refractivity (Wildman–Crippen MR) is 106 cm³/mol. The lowest BCUT2D eigenvalue weighted by molar-refractivity contribution is -0.0639. The van der Waals surface area contributed by atoms with Crippen LogP contribution in [-0.4, -0.2) is 41.6 Å². The number of rotatable bonds is 9. The molecule has 0 aliphatic carbocycles. The van der Waals surface area contributed by atoms with Gasteiger partial charge in [0.15, 0.2) is 0 Å². The first-order valence-electron chi connectivity index (χ1n) is 8.32. The molecule has 0 radical (unpaired) electrons. The van der Waals surface area contributed by atoms with E-state index in [1.807, 2.05) is 6.07 Å². The smallest absolute Gasteiger partial charge is 0.338 e. The molecule has 7 heteroatoms. The molecule has 0 saturated carbocycles. The Morgan fingerprint density at radius 3 is 1.96 bits per heavy atom. The van der Waals surface area contributed by atoms with Crippen LogP contribution in [0, 0.1) is 0 Å². The topological polar surface area (TPSA) is 61.8 Å². The summed E-state index contributed by atoms with van der Waals surface area (Å²) in [5.74, 6) is -1.01. The minimum atomic E-state index is -0.805. The number of carbonyl (C=O) groups excluding carboxylic acids is 2. The zero-order valence-electron chi connectivity index (χ0n) is 14.7. The lowest BCUT2D eigenvalue weighted by atomic mass is 10.1. The Morgan fingerprint density at radius 2 is 1.48 bits per heavy atom. The highest BCUT2D eigenvalue weighted by atomic mass is 79.9. The van der Waals surface area contributed by atoms with Crippen molar-refractivity contribution in [2.45, 2.75) is 24.5 Å². The Kier molecular flexibility index (Phi) is 8.78. The summed E-state index contributed by atoms with van der Waals surface area (Å²) in [6.45, 7) is 1.58. The number of hydrogen-bond donors (Lipinski definition) is 0. The van der Waals surface area contributed by atoms with Crippen molar-refractivity contribution in [1.29, 1.82) is 0 Å². The van der Waals surface area contributed by atoms with Gasteiger partial charge in [0.05, 0.1) is 16.5 Å². The van der Waals surface area contributed by atoms with Crippen LogP contribution >= 0.6 is 27.5 Å². The molecule has 2 rings (SSSR count). The fourth-order valence-electron chi connectivity index (χ4n) is 2.37. The summed E-state index contributed by atoms with van der Waals surface area (Å²) in [6.07, 6.45) is -1.53. The van der Waals surface area contributed by atoms with Crippen LogP contribution in [0.2, 0.25) is 0 Å². The SMILES string of the molecule is CC(Cl)C(OC(=O)c1ccccc1)C(COC(=O)c1ccccc1)OCBr. The van der Waals surface area contributed by atoms with Crippen LogP contribution in [0.25, 0.3) is 0 Å². The van der Waals surface area contributed by atoms with E-state index in [2.05, 4.69) is 15.9 Å². The van der Waals surface area contributed by atoms with E-state index in [0.29, 0.717) is 11.1 Å². The average Bonchev–Trinajstić information content (AvgIpc) is 2.70. The van der Waals surface area contributed by atoms with E-state index in [1.54, 1.807) is 61.5 Å². The van der Waals surface area contributed by atoms with Gasteiger partial charge in [-0.05, 0) is 31.2 Å². The van der Waals surface area contributed by atoms with Gasteiger partial charge in [-0.25, -0.2) is 9.59 Å². The van der Waals surface area contributed by atoms with Crippen molar-refractivity contribution in [3.63, 3.8) is 0 Å². The third-order valence-electron chi connectivity index (χ3n) is 3.74. The van der Waals surface area contributed by atoms with E-state index in [1.165, 1.54) is 0 Å². The molecule has 27 heavy (non-hydrogen) atoms. The van der Waals surface area contributed by atoms with Crippen LogP contribution in [0.3, 0.4) is 0 Å². The first-order chi connectivity index (χ1) is 13.0. The van der Waals surface area contributed by atoms with Crippen LogP contribution < -0.4 is 0 Å². The summed E-state index contributed by atoms with van der Waals surface area (Å²) in [5.41, 5.74) is 0.995. The quantitative estimate of drug-likeness (QED) is 0.413. The van der Waals surface area contributed by atoms with Crippen molar-refractivity contribution in [3.8, 4) is 0 Å². The van der Waals surface area contributed by atoms with E-state index in [4.69, 9.17) is 25.8 Å². The van der Waals surface area contributed by atoms with Gasteiger partial charge in [0.1, 0.15) is 24.3 Å². The molecular weight excluding hydrogens is 436 g/mol. The van der Waals surface area contributed by atoms with Crippen LogP contribution in [0.5, 0.6) is 0 Å². The maximum Gasteiger partial charge on any atom is 0.338 e. The van der Waals surface area contributed by atoms with E-state index in [-0.39, 0.29) is 12.1 Å². The molecule has 0 fully saturated rings. The molecule has 0 aliphatic rings. The third kappa shape index (κ3) is 6.65. The second-order valence-corrected chi connectivity index (χ2v) is 6.84. The largest absolute Gasteiger partial charge is 0.459 e. The normalized spacial score (nSPS) is 14.0. The Labute approximate surface area is 171 Å². The highest BCUT2D eigenvalue weighted by molar-refractivity contribution is 9.09. The molecule has 0 saturated heterocycles. The molecule has 0 aliphatic heterocycles. The number of hydrogen-bond acceptors (Lipinski definition) is 5. The van der Waals surface area contributed by atoms with Crippen LogP contribution in [0.4, 0.5) is 0 Å². The van der Waals surface area contributed by atoms with Gasteiger partial charge >= 0.3 is 11.9 Å². The Bertz CT molecular complexity index is 724. The van der Waals surface area contributed by atoms with Gasteiger partial charge in [-0.15, -0.1) is 11.6 Å². The number of alkyl halides is 2. The standard InChI is InChI=1S/C20H20BrClO5/c1-14(22)18(27-20(24)16-10-6-3-7-11-16)17(26-13-21)12-25-19(23)15-8-4-2-5-9-15/h2-11,14,17-18H,12-13H2,1H3. The summed E-state index contributed by atoms with van der Waals surface area (Å²) < 4.78 is 16.4. The van der Waals surface area contributed by atoms with Crippen LogP contribution in [0.1, 0.15) is 27.6 Å². The molecule has 0 amide bonds. The Morgan fingerprint density at radius 1 is 0.963 bits per heavy atom. The predicted octanol–water partition coefficient (Wildman–Crippen LogP) is 4.43. The number of ether oxygens (including phenoxy) is 3. The number of halogens is 2. The fraction of sp³-hybridized carbons (Fsp3) is 0.300. The third-order valence-corrected chi connectivity index (χ3v) is 4.25. The molecule has 0 bridgehead atoms. The fourth-order valence-corrected chi connectivity index (χ4v) is 2.92. The number of carbonyl (C=O) groups is 2. The van der Waals surface area contributed by atoms with Crippen molar-refractivity contribution in [3.05, 3.63) is 71.8 Å². The molecule has 0 N–H and O–H groups in total.